The summed E-state index contributed by atoms with van der Waals surface area (Å²) in [7, 11) is 0. The van der Waals surface area contributed by atoms with Gasteiger partial charge in [-0.3, -0.25) is 4.79 Å². The number of carbonyl (C=O) groups is 1. The summed E-state index contributed by atoms with van der Waals surface area (Å²) in [6, 6.07) is 9.30. The molecule has 176 valence electrons. The number of amides is 1. The zero-order valence-electron chi connectivity index (χ0n) is 17.6. The van der Waals surface area contributed by atoms with Crippen LogP contribution in [0, 0.1) is 5.82 Å². The van der Waals surface area contributed by atoms with Crippen molar-refractivity contribution in [2.45, 2.75) is 12.5 Å². The fourth-order valence-electron chi connectivity index (χ4n) is 3.30. The van der Waals surface area contributed by atoms with Crippen LogP contribution in [0.2, 0.25) is 0 Å². The minimum absolute atomic E-state index is 0.00344. The maximum atomic E-state index is 13.8. The molecule has 2 aromatic carbocycles. The van der Waals surface area contributed by atoms with Crippen molar-refractivity contribution in [3.63, 3.8) is 0 Å². The Morgan fingerprint density at radius 1 is 1.21 bits per heavy atom. The Morgan fingerprint density at radius 3 is 2.79 bits per heavy atom. The standard InChI is InChI=1S/C23H19F3N4O4/c24-12-4-5-16(21(25)26)17(6-12)22-29-19-9-27-8-18(20(19)30-22)23(33)28-13-2-1-3-15(7-13)34-11-14(32)10-31/h1-9,14,21,31-32H,10-11H2,(H,28,33)(H,29,30)/p+1/t14-/m1/s1. The lowest BCUT2D eigenvalue weighted by atomic mass is 10.1. The van der Waals surface area contributed by atoms with Gasteiger partial charge in [-0.05, 0) is 30.3 Å². The van der Waals surface area contributed by atoms with Crippen LogP contribution < -0.4 is 15.0 Å². The van der Waals surface area contributed by atoms with Crippen LogP contribution in [0.15, 0.2) is 54.9 Å². The lowest BCUT2D eigenvalue weighted by Gasteiger charge is -2.11. The second-order valence-electron chi connectivity index (χ2n) is 7.38. The van der Waals surface area contributed by atoms with E-state index < -0.39 is 36.4 Å². The number of hydrogen-bond acceptors (Lipinski definition) is 5. The number of anilines is 1. The summed E-state index contributed by atoms with van der Waals surface area (Å²) in [5, 5.41) is 21.0. The lowest BCUT2D eigenvalue weighted by molar-refractivity contribution is -0.376. The van der Waals surface area contributed by atoms with E-state index in [4.69, 9.17) is 9.84 Å². The molecule has 0 saturated carbocycles. The highest BCUT2D eigenvalue weighted by atomic mass is 19.3. The average Bonchev–Trinajstić information content (AvgIpc) is 3.27. The number of rotatable bonds is 8. The number of aromatic amines is 2. The third kappa shape index (κ3) is 5.00. The van der Waals surface area contributed by atoms with Crippen LogP contribution in [-0.4, -0.2) is 45.4 Å². The summed E-state index contributed by atoms with van der Waals surface area (Å²) in [6.07, 6.45) is -0.972. The summed E-state index contributed by atoms with van der Waals surface area (Å²) in [6.45, 7) is -0.573. The number of fused-ring (bicyclic) bond motifs is 1. The molecule has 1 atom stereocenters. The maximum Gasteiger partial charge on any atom is 0.264 e. The van der Waals surface area contributed by atoms with E-state index in [0.29, 0.717) is 17.0 Å². The van der Waals surface area contributed by atoms with E-state index in [9.17, 15) is 23.1 Å². The average molecular weight is 473 g/mol. The molecule has 0 fully saturated rings. The van der Waals surface area contributed by atoms with Crippen molar-refractivity contribution in [3.8, 4) is 17.1 Å². The van der Waals surface area contributed by atoms with Gasteiger partial charge in [0.1, 0.15) is 46.7 Å². The van der Waals surface area contributed by atoms with Crippen LogP contribution in [0.25, 0.3) is 22.4 Å². The molecule has 0 aliphatic carbocycles. The van der Waals surface area contributed by atoms with E-state index in [1.54, 1.807) is 18.2 Å². The molecule has 1 amide bonds. The number of alkyl halides is 2. The number of nitrogens with one attached hydrogen (secondary N) is 3. The number of hydrogen-bond donors (Lipinski definition) is 4. The van der Waals surface area contributed by atoms with E-state index in [1.807, 2.05) is 0 Å². The Kier molecular flexibility index (Phi) is 6.75. The summed E-state index contributed by atoms with van der Waals surface area (Å²) in [4.78, 5) is 22.9. The molecule has 4 rings (SSSR count). The Hall–Kier alpha value is -3.96. The zero-order valence-corrected chi connectivity index (χ0v) is 17.6. The van der Waals surface area contributed by atoms with Crippen molar-refractivity contribution in [2.24, 2.45) is 0 Å². The molecule has 0 unspecified atom stereocenters. The fourth-order valence-corrected chi connectivity index (χ4v) is 3.30. The van der Waals surface area contributed by atoms with Gasteiger partial charge in [-0.15, -0.1) is 0 Å². The number of aromatic nitrogens is 3. The van der Waals surface area contributed by atoms with Crippen molar-refractivity contribution in [1.29, 1.82) is 0 Å². The van der Waals surface area contributed by atoms with Gasteiger partial charge in [0.15, 0.2) is 12.4 Å². The van der Waals surface area contributed by atoms with Gasteiger partial charge in [0, 0.05) is 22.9 Å². The number of aliphatic hydroxyl groups excluding tert-OH is 2. The number of ether oxygens (including phenoxy) is 1. The minimum atomic E-state index is -2.84. The van der Waals surface area contributed by atoms with Gasteiger partial charge >= 0.3 is 0 Å². The predicted molar refractivity (Wildman–Crippen MR) is 116 cm³/mol. The number of H-pyrrole nitrogens is 2. The predicted octanol–water partition coefficient (Wildman–Crippen LogP) is 3.11. The SMILES string of the molecule is O=C(Nc1cccc(OC[C@H](O)CO)c1)c1c[nH+]cc2[nH]c(-c3cc(F)ccc3C(F)F)nc12. The lowest BCUT2D eigenvalue weighted by Crippen LogP contribution is -2.21. The summed E-state index contributed by atoms with van der Waals surface area (Å²) < 4.78 is 46.0. The minimum Gasteiger partial charge on any atom is -0.491 e. The molecule has 11 heteroatoms. The van der Waals surface area contributed by atoms with E-state index >= 15 is 0 Å². The number of nitrogens with zero attached hydrogens (tertiary/aromatic N) is 1. The molecule has 8 nitrogen and oxygen atoms in total. The molecule has 0 radical (unpaired) electrons. The normalized spacial score (nSPS) is 12.2. The van der Waals surface area contributed by atoms with Gasteiger partial charge in [0.25, 0.3) is 12.3 Å². The summed E-state index contributed by atoms with van der Waals surface area (Å²) >= 11 is 0. The molecule has 0 bridgehead atoms. The highest BCUT2D eigenvalue weighted by molar-refractivity contribution is 6.11. The van der Waals surface area contributed by atoms with Crippen molar-refractivity contribution in [1.82, 2.24) is 9.97 Å². The molecule has 0 spiro atoms. The third-order valence-corrected chi connectivity index (χ3v) is 4.94. The first-order chi connectivity index (χ1) is 16.4. The van der Waals surface area contributed by atoms with Crippen LogP contribution in [0.3, 0.4) is 0 Å². The molecular formula is C23H20F3N4O4+. The third-order valence-electron chi connectivity index (χ3n) is 4.94. The summed E-state index contributed by atoms with van der Waals surface area (Å²) in [5.74, 6) is -0.877. The van der Waals surface area contributed by atoms with Gasteiger partial charge < -0.3 is 25.3 Å². The Balaban J connectivity index is 1.62. The molecule has 34 heavy (non-hydrogen) atoms. The van der Waals surface area contributed by atoms with E-state index in [1.165, 1.54) is 18.5 Å². The van der Waals surface area contributed by atoms with Crippen LogP contribution >= 0.6 is 0 Å². The van der Waals surface area contributed by atoms with Crippen molar-refractivity contribution < 1.29 is 37.9 Å². The molecule has 4 aromatic rings. The summed E-state index contributed by atoms with van der Waals surface area (Å²) in [5.41, 5.74) is 0.582. The van der Waals surface area contributed by atoms with Crippen molar-refractivity contribution in [2.75, 3.05) is 18.5 Å². The number of imidazole rings is 1. The van der Waals surface area contributed by atoms with E-state index in [2.05, 4.69) is 20.3 Å². The zero-order chi connectivity index (χ0) is 24.2. The number of halogens is 3. The first kappa shape index (κ1) is 23.2. The van der Waals surface area contributed by atoms with Gasteiger partial charge in [0.2, 0.25) is 0 Å². The first-order valence-corrected chi connectivity index (χ1v) is 10.2. The maximum absolute atomic E-state index is 13.8. The van der Waals surface area contributed by atoms with Gasteiger partial charge in [0.05, 0.1) is 6.61 Å². The largest absolute Gasteiger partial charge is 0.491 e. The van der Waals surface area contributed by atoms with Gasteiger partial charge in [-0.25, -0.2) is 23.1 Å². The molecule has 0 saturated heterocycles. The number of aliphatic hydroxyl groups is 2. The highest BCUT2D eigenvalue weighted by Crippen LogP contribution is 2.32. The van der Waals surface area contributed by atoms with Crippen LogP contribution in [0.1, 0.15) is 22.3 Å². The number of benzene rings is 2. The molecule has 2 heterocycles. The Bertz CT molecular complexity index is 1330. The van der Waals surface area contributed by atoms with Crippen molar-refractivity contribution in [3.05, 3.63) is 71.8 Å². The second kappa shape index (κ2) is 9.89. The first-order valence-electron chi connectivity index (χ1n) is 10.2. The van der Waals surface area contributed by atoms with Gasteiger partial charge in [-0.1, -0.05) is 6.07 Å². The molecule has 0 aliphatic heterocycles. The van der Waals surface area contributed by atoms with E-state index in [-0.39, 0.29) is 29.1 Å². The Labute approximate surface area is 191 Å². The molecule has 0 aliphatic rings. The second-order valence-corrected chi connectivity index (χ2v) is 7.38. The highest BCUT2D eigenvalue weighted by Gasteiger charge is 2.22. The van der Waals surface area contributed by atoms with Crippen LogP contribution in [0.5, 0.6) is 5.75 Å². The van der Waals surface area contributed by atoms with Crippen molar-refractivity contribution >= 4 is 22.6 Å². The van der Waals surface area contributed by atoms with Gasteiger partial charge in [-0.2, -0.15) is 0 Å². The molecular weight excluding hydrogens is 453 g/mol. The number of carbonyl (C=O) groups excluding carboxylic acids is 1. The van der Waals surface area contributed by atoms with Crippen LogP contribution in [-0.2, 0) is 0 Å². The smallest absolute Gasteiger partial charge is 0.264 e. The molecule has 2 aromatic heterocycles. The van der Waals surface area contributed by atoms with E-state index in [0.717, 1.165) is 18.2 Å². The number of pyridine rings is 1. The molecule has 5 N–H and O–H groups in total. The topological polar surface area (TPSA) is 122 Å². The van der Waals surface area contributed by atoms with Crippen LogP contribution in [0.4, 0.5) is 18.9 Å². The fraction of sp³-hybridized carbons (Fsp3) is 0.174. The monoisotopic (exact) mass is 473 g/mol. The quantitative estimate of drug-likeness (QED) is 0.313. The Morgan fingerprint density at radius 2 is 2.03 bits per heavy atom.